The van der Waals surface area contributed by atoms with Gasteiger partial charge < -0.3 is 10.2 Å². The average Bonchev–Trinajstić information content (AvgIpc) is 2.78. The Bertz CT molecular complexity index is 499. The van der Waals surface area contributed by atoms with Gasteiger partial charge in [-0.15, -0.1) is 0 Å². The monoisotopic (exact) mass is 273 g/mol. The third-order valence-electron chi connectivity index (χ3n) is 4.21. The summed E-state index contributed by atoms with van der Waals surface area (Å²) < 4.78 is 0. The highest BCUT2D eigenvalue weighted by atomic mass is 16.2. The minimum atomic E-state index is -0.202. The summed E-state index contributed by atoms with van der Waals surface area (Å²) in [4.78, 5) is 30.1. The van der Waals surface area contributed by atoms with E-state index in [0.717, 1.165) is 18.5 Å². The van der Waals surface area contributed by atoms with Crippen molar-refractivity contribution in [1.29, 1.82) is 0 Å². The summed E-state index contributed by atoms with van der Waals surface area (Å²) in [5.74, 6) is -0.106. The van der Waals surface area contributed by atoms with Gasteiger partial charge in [0, 0.05) is 25.2 Å². The van der Waals surface area contributed by atoms with Crippen LogP contribution >= 0.6 is 0 Å². The lowest BCUT2D eigenvalue weighted by atomic mass is 9.92. The van der Waals surface area contributed by atoms with E-state index < -0.39 is 0 Å². The molecule has 2 heterocycles. The normalized spacial score (nSPS) is 22.7. The van der Waals surface area contributed by atoms with Crippen LogP contribution < -0.4 is 5.32 Å². The number of pyridine rings is 1. The Kier molecular flexibility index (Phi) is 3.67. The smallest absolute Gasteiger partial charge is 0.225 e. The van der Waals surface area contributed by atoms with Gasteiger partial charge in [-0.1, -0.05) is 6.07 Å². The zero-order valence-corrected chi connectivity index (χ0v) is 11.4. The van der Waals surface area contributed by atoms with Crippen LogP contribution in [-0.4, -0.2) is 34.3 Å². The average molecular weight is 273 g/mol. The van der Waals surface area contributed by atoms with E-state index in [0.29, 0.717) is 25.6 Å². The lowest BCUT2D eigenvalue weighted by Gasteiger charge is -2.34. The molecule has 1 saturated heterocycles. The Morgan fingerprint density at radius 3 is 2.90 bits per heavy atom. The van der Waals surface area contributed by atoms with Gasteiger partial charge in [-0.3, -0.25) is 14.6 Å². The zero-order valence-electron chi connectivity index (χ0n) is 11.4. The maximum absolute atomic E-state index is 12.1. The first-order chi connectivity index (χ1) is 9.74. The standard InChI is InChI=1S/C15H19N3O2/c19-14-8-11(10-18(14)13-5-3-6-13)15(20)17-9-12-4-1-2-7-16-12/h1-2,4,7,11,13H,3,5-6,8-10H2,(H,17,20). The summed E-state index contributed by atoms with van der Waals surface area (Å²) in [5.41, 5.74) is 0.834. The highest BCUT2D eigenvalue weighted by Gasteiger charge is 2.39. The van der Waals surface area contributed by atoms with E-state index in [9.17, 15) is 9.59 Å². The summed E-state index contributed by atoms with van der Waals surface area (Å²) in [6.45, 7) is 1.01. The van der Waals surface area contributed by atoms with E-state index in [4.69, 9.17) is 0 Å². The van der Waals surface area contributed by atoms with Crippen molar-refractivity contribution in [3.8, 4) is 0 Å². The van der Waals surface area contributed by atoms with Gasteiger partial charge in [0.25, 0.3) is 0 Å². The fourth-order valence-electron chi connectivity index (χ4n) is 2.78. The van der Waals surface area contributed by atoms with Gasteiger partial charge in [0.2, 0.25) is 11.8 Å². The summed E-state index contributed by atoms with van der Waals surface area (Å²) in [6.07, 6.45) is 5.44. The first-order valence-electron chi connectivity index (χ1n) is 7.21. The lowest BCUT2D eigenvalue weighted by Crippen LogP contribution is -2.42. The first-order valence-corrected chi connectivity index (χ1v) is 7.21. The second-order valence-corrected chi connectivity index (χ2v) is 5.57. The van der Waals surface area contributed by atoms with Crippen LogP contribution in [0.3, 0.4) is 0 Å². The molecule has 0 radical (unpaired) electrons. The number of carbonyl (C=O) groups excluding carboxylic acids is 2. The Labute approximate surface area is 118 Å². The number of amides is 2. The molecule has 1 atom stereocenters. The van der Waals surface area contributed by atoms with Gasteiger partial charge in [-0.2, -0.15) is 0 Å². The van der Waals surface area contributed by atoms with E-state index >= 15 is 0 Å². The highest BCUT2D eigenvalue weighted by Crippen LogP contribution is 2.30. The van der Waals surface area contributed by atoms with Gasteiger partial charge in [-0.05, 0) is 31.4 Å². The number of rotatable bonds is 4. The molecule has 3 rings (SSSR count). The van der Waals surface area contributed by atoms with Crippen molar-refractivity contribution in [2.75, 3.05) is 6.54 Å². The van der Waals surface area contributed by atoms with Crippen molar-refractivity contribution in [2.24, 2.45) is 5.92 Å². The number of hydrogen-bond donors (Lipinski definition) is 1. The predicted molar refractivity (Wildman–Crippen MR) is 73.5 cm³/mol. The van der Waals surface area contributed by atoms with Crippen LogP contribution in [0.2, 0.25) is 0 Å². The molecule has 2 fully saturated rings. The molecule has 1 saturated carbocycles. The molecule has 0 bridgehead atoms. The van der Waals surface area contributed by atoms with Crippen LogP contribution in [0.1, 0.15) is 31.4 Å². The van der Waals surface area contributed by atoms with Crippen LogP contribution in [0, 0.1) is 5.92 Å². The SMILES string of the molecule is O=C(NCc1ccccn1)C1CC(=O)N(C2CCC2)C1. The molecule has 5 nitrogen and oxygen atoms in total. The Morgan fingerprint density at radius 2 is 2.25 bits per heavy atom. The van der Waals surface area contributed by atoms with Crippen molar-refractivity contribution < 1.29 is 9.59 Å². The maximum atomic E-state index is 12.1. The third kappa shape index (κ3) is 2.66. The van der Waals surface area contributed by atoms with Gasteiger partial charge in [0.15, 0.2) is 0 Å². The number of nitrogens with zero attached hydrogens (tertiary/aromatic N) is 2. The number of nitrogens with one attached hydrogen (secondary N) is 1. The molecule has 1 aliphatic carbocycles. The van der Waals surface area contributed by atoms with Gasteiger partial charge in [0.05, 0.1) is 18.2 Å². The lowest BCUT2D eigenvalue weighted by molar-refractivity contribution is -0.131. The molecular weight excluding hydrogens is 254 g/mol. The van der Waals surface area contributed by atoms with E-state index in [1.54, 1.807) is 6.20 Å². The zero-order chi connectivity index (χ0) is 13.9. The predicted octanol–water partition coefficient (Wildman–Crippen LogP) is 1.10. The quantitative estimate of drug-likeness (QED) is 0.893. The Morgan fingerprint density at radius 1 is 1.40 bits per heavy atom. The maximum Gasteiger partial charge on any atom is 0.225 e. The van der Waals surface area contributed by atoms with Crippen LogP contribution in [0.15, 0.2) is 24.4 Å². The molecule has 0 aromatic carbocycles. The molecule has 1 aromatic heterocycles. The molecule has 2 amide bonds. The van der Waals surface area contributed by atoms with Crippen molar-refractivity contribution in [2.45, 2.75) is 38.3 Å². The van der Waals surface area contributed by atoms with E-state index in [-0.39, 0.29) is 17.7 Å². The van der Waals surface area contributed by atoms with Crippen LogP contribution in [-0.2, 0) is 16.1 Å². The minimum absolute atomic E-state index is 0.0363. The van der Waals surface area contributed by atoms with Crippen LogP contribution in [0.5, 0.6) is 0 Å². The number of aromatic nitrogens is 1. The molecule has 0 spiro atoms. The molecule has 5 heteroatoms. The molecule has 1 aliphatic heterocycles. The van der Waals surface area contributed by atoms with Gasteiger partial charge in [0.1, 0.15) is 0 Å². The summed E-state index contributed by atoms with van der Waals surface area (Å²) >= 11 is 0. The van der Waals surface area contributed by atoms with E-state index in [2.05, 4.69) is 10.3 Å². The van der Waals surface area contributed by atoms with Crippen LogP contribution in [0.4, 0.5) is 0 Å². The fourth-order valence-corrected chi connectivity index (χ4v) is 2.78. The first kappa shape index (κ1) is 13.1. The molecule has 1 N–H and O–H groups in total. The molecule has 1 aromatic rings. The molecule has 106 valence electrons. The van der Waals surface area contributed by atoms with Crippen molar-refractivity contribution >= 4 is 11.8 Å². The summed E-state index contributed by atoms with van der Waals surface area (Å²) in [5, 5.41) is 2.88. The second-order valence-electron chi connectivity index (χ2n) is 5.57. The molecule has 20 heavy (non-hydrogen) atoms. The fraction of sp³-hybridized carbons (Fsp3) is 0.533. The van der Waals surface area contributed by atoms with Crippen molar-refractivity contribution in [1.82, 2.24) is 15.2 Å². The van der Waals surface area contributed by atoms with Crippen LogP contribution in [0.25, 0.3) is 0 Å². The Hall–Kier alpha value is -1.91. The summed E-state index contributed by atoms with van der Waals surface area (Å²) in [7, 11) is 0. The largest absolute Gasteiger partial charge is 0.350 e. The number of hydrogen-bond acceptors (Lipinski definition) is 3. The highest BCUT2D eigenvalue weighted by molar-refractivity contribution is 5.89. The van der Waals surface area contributed by atoms with E-state index in [1.807, 2.05) is 23.1 Å². The molecular formula is C15H19N3O2. The summed E-state index contributed by atoms with van der Waals surface area (Å²) in [6, 6.07) is 6.00. The number of likely N-dealkylation sites (tertiary alicyclic amines) is 1. The van der Waals surface area contributed by atoms with Gasteiger partial charge in [-0.25, -0.2) is 0 Å². The topological polar surface area (TPSA) is 62.3 Å². The second kappa shape index (κ2) is 5.61. The Balaban J connectivity index is 1.52. The molecule has 1 unspecified atom stereocenters. The van der Waals surface area contributed by atoms with Crippen molar-refractivity contribution in [3.63, 3.8) is 0 Å². The molecule has 2 aliphatic rings. The van der Waals surface area contributed by atoms with Gasteiger partial charge >= 0.3 is 0 Å². The third-order valence-corrected chi connectivity index (χ3v) is 4.21. The van der Waals surface area contributed by atoms with E-state index in [1.165, 1.54) is 6.42 Å². The van der Waals surface area contributed by atoms with Crippen molar-refractivity contribution in [3.05, 3.63) is 30.1 Å². The number of carbonyl (C=O) groups is 2. The minimum Gasteiger partial charge on any atom is -0.350 e.